The summed E-state index contributed by atoms with van der Waals surface area (Å²) in [6, 6.07) is 7.90. The first-order chi connectivity index (χ1) is 10.7. The Kier molecular flexibility index (Phi) is 4.22. The SMILES string of the molecule is CC(C)CNC(=O)c1nnc(N2CCCC2)c2ccccc12. The van der Waals surface area contributed by atoms with Crippen molar-refractivity contribution in [3.63, 3.8) is 0 Å². The van der Waals surface area contributed by atoms with Crippen LogP contribution in [0.15, 0.2) is 24.3 Å². The minimum Gasteiger partial charge on any atom is -0.355 e. The van der Waals surface area contributed by atoms with Crippen molar-refractivity contribution in [2.75, 3.05) is 24.5 Å². The van der Waals surface area contributed by atoms with E-state index in [1.807, 2.05) is 24.3 Å². The molecule has 2 heterocycles. The number of nitrogens with zero attached hydrogens (tertiary/aromatic N) is 3. The maximum absolute atomic E-state index is 12.4. The molecule has 1 aromatic heterocycles. The van der Waals surface area contributed by atoms with E-state index in [0.717, 1.165) is 29.7 Å². The van der Waals surface area contributed by atoms with E-state index in [0.29, 0.717) is 18.2 Å². The van der Waals surface area contributed by atoms with Gasteiger partial charge in [0.25, 0.3) is 5.91 Å². The molecule has 0 bridgehead atoms. The van der Waals surface area contributed by atoms with E-state index in [2.05, 4.69) is 34.3 Å². The fraction of sp³-hybridized carbons (Fsp3) is 0.471. The Hall–Kier alpha value is -2.17. The van der Waals surface area contributed by atoms with Crippen LogP contribution >= 0.6 is 0 Å². The Labute approximate surface area is 130 Å². The van der Waals surface area contributed by atoms with Gasteiger partial charge in [0.05, 0.1) is 0 Å². The van der Waals surface area contributed by atoms with Crippen molar-refractivity contribution in [3.05, 3.63) is 30.0 Å². The van der Waals surface area contributed by atoms with Crippen LogP contribution in [-0.4, -0.2) is 35.7 Å². The van der Waals surface area contributed by atoms with E-state index < -0.39 is 0 Å². The lowest BCUT2D eigenvalue weighted by molar-refractivity contribution is 0.0945. The first-order valence-electron chi connectivity index (χ1n) is 7.95. The molecular weight excluding hydrogens is 276 g/mol. The van der Waals surface area contributed by atoms with E-state index in [1.165, 1.54) is 12.8 Å². The minimum absolute atomic E-state index is 0.148. The normalized spacial score (nSPS) is 14.8. The molecule has 0 spiro atoms. The molecule has 1 N–H and O–H groups in total. The Morgan fingerprint density at radius 3 is 2.55 bits per heavy atom. The molecule has 1 aliphatic rings. The molecule has 0 saturated carbocycles. The van der Waals surface area contributed by atoms with Crippen molar-refractivity contribution < 1.29 is 4.79 Å². The number of fused-ring (bicyclic) bond motifs is 1. The molecule has 5 nitrogen and oxygen atoms in total. The molecular formula is C17H22N4O. The quantitative estimate of drug-likeness (QED) is 0.942. The van der Waals surface area contributed by atoms with Crippen LogP contribution in [0, 0.1) is 5.92 Å². The van der Waals surface area contributed by atoms with Gasteiger partial charge in [0.2, 0.25) is 0 Å². The van der Waals surface area contributed by atoms with Gasteiger partial charge in [-0.25, -0.2) is 0 Å². The van der Waals surface area contributed by atoms with Crippen LogP contribution in [0.2, 0.25) is 0 Å². The van der Waals surface area contributed by atoms with E-state index >= 15 is 0 Å². The van der Waals surface area contributed by atoms with Gasteiger partial charge in [-0.05, 0) is 18.8 Å². The molecule has 0 unspecified atom stereocenters. The van der Waals surface area contributed by atoms with Crippen molar-refractivity contribution in [3.8, 4) is 0 Å². The third kappa shape index (κ3) is 2.89. The molecule has 5 heteroatoms. The van der Waals surface area contributed by atoms with Crippen molar-refractivity contribution in [1.29, 1.82) is 0 Å². The largest absolute Gasteiger partial charge is 0.355 e. The number of carbonyl (C=O) groups is 1. The molecule has 1 fully saturated rings. The molecule has 1 aromatic carbocycles. The zero-order valence-corrected chi connectivity index (χ0v) is 13.2. The lowest BCUT2D eigenvalue weighted by Gasteiger charge is -2.18. The predicted molar refractivity (Wildman–Crippen MR) is 88.2 cm³/mol. The Bertz CT molecular complexity index is 677. The van der Waals surface area contributed by atoms with Crippen molar-refractivity contribution in [2.45, 2.75) is 26.7 Å². The second-order valence-corrected chi connectivity index (χ2v) is 6.22. The molecule has 1 aliphatic heterocycles. The fourth-order valence-electron chi connectivity index (χ4n) is 2.80. The topological polar surface area (TPSA) is 58.1 Å². The Morgan fingerprint density at radius 2 is 1.86 bits per heavy atom. The van der Waals surface area contributed by atoms with Gasteiger partial charge >= 0.3 is 0 Å². The predicted octanol–water partition coefficient (Wildman–Crippen LogP) is 2.62. The van der Waals surface area contributed by atoms with E-state index in [9.17, 15) is 4.79 Å². The highest BCUT2D eigenvalue weighted by Gasteiger charge is 2.20. The zero-order chi connectivity index (χ0) is 15.5. The average molecular weight is 298 g/mol. The number of hydrogen-bond donors (Lipinski definition) is 1. The summed E-state index contributed by atoms with van der Waals surface area (Å²) in [4.78, 5) is 14.6. The molecule has 1 amide bonds. The van der Waals surface area contributed by atoms with Crippen LogP contribution in [0.1, 0.15) is 37.2 Å². The van der Waals surface area contributed by atoms with Crippen LogP contribution in [0.3, 0.4) is 0 Å². The van der Waals surface area contributed by atoms with Gasteiger partial charge in [0.1, 0.15) is 0 Å². The van der Waals surface area contributed by atoms with Crippen LogP contribution in [-0.2, 0) is 0 Å². The lowest BCUT2D eigenvalue weighted by Crippen LogP contribution is -2.29. The number of rotatable bonds is 4. The molecule has 22 heavy (non-hydrogen) atoms. The third-order valence-electron chi connectivity index (χ3n) is 3.96. The second-order valence-electron chi connectivity index (χ2n) is 6.22. The molecule has 0 radical (unpaired) electrons. The van der Waals surface area contributed by atoms with Crippen LogP contribution in [0.4, 0.5) is 5.82 Å². The Morgan fingerprint density at radius 1 is 1.18 bits per heavy atom. The van der Waals surface area contributed by atoms with Crippen molar-refractivity contribution in [2.24, 2.45) is 5.92 Å². The molecule has 3 rings (SSSR count). The smallest absolute Gasteiger partial charge is 0.272 e. The van der Waals surface area contributed by atoms with Gasteiger partial charge in [-0.15, -0.1) is 10.2 Å². The Balaban J connectivity index is 1.99. The highest BCUT2D eigenvalue weighted by molar-refractivity contribution is 6.07. The number of hydrogen-bond acceptors (Lipinski definition) is 4. The molecule has 0 aliphatic carbocycles. The highest BCUT2D eigenvalue weighted by atomic mass is 16.1. The van der Waals surface area contributed by atoms with Crippen molar-refractivity contribution in [1.82, 2.24) is 15.5 Å². The number of carbonyl (C=O) groups excluding carboxylic acids is 1. The van der Waals surface area contributed by atoms with Gasteiger partial charge < -0.3 is 10.2 Å². The number of aromatic nitrogens is 2. The summed E-state index contributed by atoms with van der Waals surface area (Å²) in [6.07, 6.45) is 2.37. The summed E-state index contributed by atoms with van der Waals surface area (Å²) in [6.45, 7) is 6.80. The monoisotopic (exact) mass is 298 g/mol. The van der Waals surface area contributed by atoms with Gasteiger partial charge in [0.15, 0.2) is 11.5 Å². The van der Waals surface area contributed by atoms with E-state index in [-0.39, 0.29) is 5.91 Å². The summed E-state index contributed by atoms with van der Waals surface area (Å²) in [7, 11) is 0. The molecule has 0 atom stereocenters. The van der Waals surface area contributed by atoms with Crippen molar-refractivity contribution >= 4 is 22.5 Å². The van der Waals surface area contributed by atoms with E-state index in [4.69, 9.17) is 0 Å². The summed E-state index contributed by atoms with van der Waals surface area (Å²) >= 11 is 0. The summed E-state index contributed by atoms with van der Waals surface area (Å²) in [5, 5.41) is 13.4. The number of amides is 1. The van der Waals surface area contributed by atoms with E-state index in [1.54, 1.807) is 0 Å². The van der Waals surface area contributed by atoms with Gasteiger partial charge in [-0.1, -0.05) is 38.1 Å². The summed E-state index contributed by atoms with van der Waals surface area (Å²) < 4.78 is 0. The van der Waals surface area contributed by atoms with Gasteiger partial charge in [-0.3, -0.25) is 4.79 Å². The molecule has 1 saturated heterocycles. The highest BCUT2D eigenvalue weighted by Crippen LogP contribution is 2.28. The number of benzene rings is 1. The van der Waals surface area contributed by atoms with Crippen LogP contribution in [0.25, 0.3) is 10.8 Å². The van der Waals surface area contributed by atoms with Crippen LogP contribution < -0.4 is 10.2 Å². The maximum Gasteiger partial charge on any atom is 0.272 e. The second kappa shape index (κ2) is 6.30. The minimum atomic E-state index is -0.148. The van der Waals surface area contributed by atoms with Gasteiger partial charge in [-0.2, -0.15) is 0 Å². The number of nitrogens with one attached hydrogen (secondary N) is 1. The lowest BCUT2D eigenvalue weighted by atomic mass is 10.1. The standard InChI is InChI=1S/C17H22N4O/c1-12(2)11-18-17(22)15-13-7-3-4-8-14(13)16(20-19-15)21-9-5-6-10-21/h3-4,7-8,12H,5-6,9-11H2,1-2H3,(H,18,22). The summed E-state index contributed by atoms with van der Waals surface area (Å²) in [5.74, 6) is 1.16. The first kappa shape index (κ1) is 14.8. The fourth-order valence-corrected chi connectivity index (χ4v) is 2.80. The third-order valence-corrected chi connectivity index (χ3v) is 3.96. The van der Waals surface area contributed by atoms with Crippen LogP contribution in [0.5, 0.6) is 0 Å². The number of anilines is 1. The average Bonchev–Trinajstić information content (AvgIpc) is 3.05. The zero-order valence-electron chi connectivity index (χ0n) is 13.2. The van der Waals surface area contributed by atoms with Gasteiger partial charge in [0, 0.05) is 30.4 Å². The summed E-state index contributed by atoms with van der Waals surface area (Å²) in [5.41, 5.74) is 0.416. The molecule has 2 aromatic rings. The maximum atomic E-state index is 12.4. The first-order valence-corrected chi connectivity index (χ1v) is 7.95. The molecule has 116 valence electrons.